The highest BCUT2D eigenvalue weighted by molar-refractivity contribution is 5.66. The molecule has 1 saturated heterocycles. The Morgan fingerprint density at radius 1 is 0.975 bits per heavy atom. The van der Waals surface area contributed by atoms with Crippen LogP contribution < -0.4 is 4.74 Å². The monoisotopic (exact) mass is 544 g/mol. The Morgan fingerprint density at radius 2 is 1.73 bits per heavy atom. The van der Waals surface area contributed by atoms with Gasteiger partial charge < -0.3 is 19.3 Å². The van der Waals surface area contributed by atoms with Crippen LogP contribution in [0.3, 0.4) is 0 Å². The van der Waals surface area contributed by atoms with Gasteiger partial charge in [0.05, 0.1) is 25.9 Å². The summed E-state index contributed by atoms with van der Waals surface area (Å²) in [4.78, 5) is 10.8. The number of rotatable bonds is 14. The zero-order valence-electron chi connectivity index (χ0n) is 22.7. The van der Waals surface area contributed by atoms with Crippen LogP contribution in [-0.2, 0) is 32.9 Å². The summed E-state index contributed by atoms with van der Waals surface area (Å²) < 4.78 is 32.1. The first-order chi connectivity index (χ1) is 19.5. The summed E-state index contributed by atoms with van der Waals surface area (Å²) in [6.45, 7) is 2.24. The molecule has 1 heterocycles. The lowest BCUT2D eigenvalue weighted by Crippen LogP contribution is -2.41. The number of fused-ring (bicyclic) bond motifs is 2. The molecule has 6 heteroatoms. The summed E-state index contributed by atoms with van der Waals surface area (Å²) in [7, 11) is 0. The van der Waals surface area contributed by atoms with Crippen molar-refractivity contribution in [3.8, 4) is 5.75 Å². The van der Waals surface area contributed by atoms with Crippen molar-refractivity contribution in [2.45, 2.75) is 56.8 Å². The standard InChI is InChI=1S/C34H37FO5/c35-28-16-14-27(15-17-28)34-20-32(40-24-34)30(31(34)10-6-1-2-7-11-33(36)37)23-38-21-26-12-18-29(19-13-26)39-22-25-8-4-3-5-9-25/h1,3-6,8-9,12-19,30-32H,2,7,10-11,20-24H2,(H,36,37)/b6-1-/t30-,31-,32-,34-/m0/s1. The molecule has 2 fully saturated rings. The highest BCUT2D eigenvalue weighted by atomic mass is 19.1. The van der Waals surface area contributed by atoms with Crippen molar-refractivity contribution in [3.63, 3.8) is 0 Å². The van der Waals surface area contributed by atoms with Crippen molar-refractivity contribution >= 4 is 5.97 Å². The third kappa shape index (κ3) is 6.80. The van der Waals surface area contributed by atoms with Crippen molar-refractivity contribution in [1.29, 1.82) is 0 Å². The van der Waals surface area contributed by atoms with Gasteiger partial charge >= 0.3 is 5.97 Å². The number of allylic oxidation sites excluding steroid dienone is 2. The molecule has 3 aromatic carbocycles. The molecule has 1 aliphatic heterocycles. The van der Waals surface area contributed by atoms with E-state index in [9.17, 15) is 9.18 Å². The molecule has 2 bridgehead atoms. The number of carboxylic acid groups (broad SMARTS) is 1. The van der Waals surface area contributed by atoms with Gasteiger partial charge in [-0.1, -0.05) is 66.7 Å². The molecule has 4 atom stereocenters. The number of unbranched alkanes of at least 4 members (excludes halogenated alkanes) is 1. The normalized spacial score (nSPS) is 23.6. The number of carbonyl (C=O) groups is 1. The number of carboxylic acids is 1. The minimum atomic E-state index is -0.763. The van der Waals surface area contributed by atoms with Crippen molar-refractivity contribution in [3.05, 3.63) is 114 Å². The zero-order valence-corrected chi connectivity index (χ0v) is 22.7. The van der Waals surface area contributed by atoms with Crippen molar-refractivity contribution in [2.75, 3.05) is 13.2 Å². The minimum absolute atomic E-state index is 0.101. The van der Waals surface area contributed by atoms with Crippen LogP contribution >= 0.6 is 0 Å². The highest BCUT2D eigenvalue weighted by Crippen LogP contribution is 2.56. The Bertz CT molecular complexity index is 1260. The molecule has 1 aliphatic carbocycles. The third-order valence-corrected chi connectivity index (χ3v) is 8.31. The smallest absolute Gasteiger partial charge is 0.303 e. The summed E-state index contributed by atoms with van der Waals surface area (Å²) in [6.07, 6.45) is 7.68. The van der Waals surface area contributed by atoms with E-state index in [4.69, 9.17) is 19.3 Å². The van der Waals surface area contributed by atoms with E-state index in [1.807, 2.05) is 66.7 Å². The summed E-state index contributed by atoms with van der Waals surface area (Å²) in [5, 5.41) is 8.89. The maximum Gasteiger partial charge on any atom is 0.303 e. The molecule has 1 N–H and O–H groups in total. The first-order valence-electron chi connectivity index (χ1n) is 14.1. The lowest BCUT2D eigenvalue weighted by Gasteiger charge is -2.39. The third-order valence-electron chi connectivity index (χ3n) is 8.31. The molecule has 5 rings (SSSR count). The predicted octanol–water partition coefficient (Wildman–Crippen LogP) is 7.10. The molecule has 2 aliphatic rings. The van der Waals surface area contributed by atoms with Gasteiger partial charge in [-0.3, -0.25) is 4.79 Å². The first-order valence-corrected chi connectivity index (χ1v) is 14.1. The molecular weight excluding hydrogens is 507 g/mol. The SMILES string of the molecule is O=C(O)CCC/C=C\C[C@H]1[C@H](COCc2ccc(OCc3ccccc3)cc2)[C@@H]2C[C@@]1(c1ccc(F)cc1)CO2. The quantitative estimate of drug-likeness (QED) is 0.173. The molecule has 0 amide bonds. The Morgan fingerprint density at radius 3 is 2.48 bits per heavy atom. The first kappa shape index (κ1) is 28.1. The fourth-order valence-electron chi connectivity index (χ4n) is 6.22. The molecule has 210 valence electrons. The predicted molar refractivity (Wildman–Crippen MR) is 152 cm³/mol. The second-order valence-corrected chi connectivity index (χ2v) is 10.9. The number of halogens is 1. The maximum atomic E-state index is 13.7. The van der Waals surface area contributed by atoms with Gasteiger partial charge in [-0.2, -0.15) is 0 Å². The molecule has 1 saturated carbocycles. The number of ether oxygens (including phenoxy) is 3. The molecule has 0 spiro atoms. The van der Waals surface area contributed by atoms with Crippen molar-refractivity contribution in [2.24, 2.45) is 11.8 Å². The van der Waals surface area contributed by atoms with Crippen LogP contribution in [-0.4, -0.2) is 30.4 Å². The van der Waals surface area contributed by atoms with E-state index in [1.165, 1.54) is 12.1 Å². The molecule has 5 nitrogen and oxygen atoms in total. The van der Waals surface area contributed by atoms with E-state index >= 15 is 0 Å². The summed E-state index contributed by atoms with van der Waals surface area (Å²) in [6, 6.07) is 25.0. The molecular formula is C34H37FO5. The highest BCUT2D eigenvalue weighted by Gasteiger charge is 2.59. The Kier molecular flexibility index (Phi) is 9.30. The maximum absolute atomic E-state index is 13.7. The van der Waals surface area contributed by atoms with Crippen molar-refractivity contribution in [1.82, 2.24) is 0 Å². The van der Waals surface area contributed by atoms with Crippen LogP contribution in [0.1, 0.15) is 48.8 Å². The van der Waals surface area contributed by atoms with E-state index in [2.05, 4.69) is 12.2 Å². The van der Waals surface area contributed by atoms with Gasteiger partial charge in [-0.15, -0.1) is 0 Å². The Labute approximate surface area is 235 Å². The largest absolute Gasteiger partial charge is 0.489 e. The van der Waals surface area contributed by atoms with Gasteiger partial charge in [0, 0.05) is 17.8 Å². The van der Waals surface area contributed by atoms with Crippen LogP contribution in [0.5, 0.6) is 5.75 Å². The fraction of sp³-hybridized carbons (Fsp3) is 0.382. The molecule has 3 aromatic rings. The average Bonchev–Trinajstić information content (AvgIpc) is 3.53. The van der Waals surface area contributed by atoms with E-state index in [0.29, 0.717) is 38.8 Å². The van der Waals surface area contributed by atoms with Gasteiger partial charge in [0.1, 0.15) is 18.2 Å². The second-order valence-electron chi connectivity index (χ2n) is 10.9. The van der Waals surface area contributed by atoms with Crippen LogP contribution in [0, 0.1) is 17.7 Å². The topological polar surface area (TPSA) is 65.0 Å². The Hall–Kier alpha value is -3.48. The number of hydrogen-bond donors (Lipinski definition) is 1. The number of hydrogen-bond acceptors (Lipinski definition) is 4. The molecule has 0 radical (unpaired) electrons. The van der Waals surface area contributed by atoms with Gasteiger partial charge in [-0.25, -0.2) is 4.39 Å². The van der Waals surface area contributed by atoms with Crippen LogP contribution in [0.4, 0.5) is 4.39 Å². The lowest BCUT2D eigenvalue weighted by atomic mass is 9.69. The van der Waals surface area contributed by atoms with Gasteiger partial charge in [0.25, 0.3) is 0 Å². The van der Waals surface area contributed by atoms with E-state index < -0.39 is 5.97 Å². The number of benzene rings is 3. The summed E-state index contributed by atoms with van der Waals surface area (Å²) >= 11 is 0. The molecule has 40 heavy (non-hydrogen) atoms. The Balaban J connectivity index is 1.19. The zero-order chi connectivity index (χ0) is 27.8. The van der Waals surface area contributed by atoms with E-state index in [0.717, 1.165) is 41.7 Å². The van der Waals surface area contributed by atoms with Gasteiger partial charge in [0.15, 0.2) is 0 Å². The van der Waals surface area contributed by atoms with E-state index in [-0.39, 0.29) is 29.7 Å². The van der Waals surface area contributed by atoms with Crippen molar-refractivity contribution < 1.29 is 28.5 Å². The van der Waals surface area contributed by atoms with Gasteiger partial charge in [0.2, 0.25) is 0 Å². The summed E-state index contributed by atoms with van der Waals surface area (Å²) in [5.41, 5.74) is 3.16. The molecule has 0 aromatic heterocycles. The average molecular weight is 545 g/mol. The number of aliphatic carboxylic acids is 1. The van der Waals surface area contributed by atoms with Crippen LogP contribution in [0.2, 0.25) is 0 Å². The lowest BCUT2D eigenvalue weighted by molar-refractivity contribution is -0.137. The minimum Gasteiger partial charge on any atom is -0.489 e. The summed E-state index contributed by atoms with van der Waals surface area (Å²) in [5.74, 6) is 0.336. The fourth-order valence-corrected chi connectivity index (χ4v) is 6.22. The van der Waals surface area contributed by atoms with E-state index in [1.54, 1.807) is 0 Å². The van der Waals surface area contributed by atoms with Crippen LogP contribution in [0.25, 0.3) is 0 Å². The van der Waals surface area contributed by atoms with Crippen LogP contribution in [0.15, 0.2) is 91.0 Å². The second kappa shape index (κ2) is 13.2. The van der Waals surface area contributed by atoms with Gasteiger partial charge in [-0.05, 0) is 72.6 Å². The molecule has 0 unspecified atom stereocenters.